The van der Waals surface area contributed by atoms with Crippen LogP contribution in [0.25, 0.3) is 0 Å². The van der Waals surface area contributed by atoms with Gasteiger partial charge in [0, 0.05) is 0 Å². The van der Waals surface area contributed by atoms with E-state index in [1.54, 1.807) is 0 Å². The molecule has 216 valence electrons. The molecule has 0 bridgehead atoms. The fourth-order valence-electron chi connectivity index (χ4n) is 3.13. The Morgan fingerprint density at radius 3 is 1.93 bits per heavy atom. The van der Waals surface area contributed by atoms with E-state index in [4.69, 9.17) is 26.3 Å². The highest BCUT2D eigenvalue weighted by molar-refractivity contribution is 9.10. The zero-order chi connectivity index (χ0) is 29.7. The maximum atomic E-state index is 13.3. The van der Waals surface area contributed by atoms with Gasteiger partial charge in [-0.25, -0.2) is 18.6 Å². The average Bonchev–Trinajstić information content (AvgIpc) is 3.70. The molecule has 0 aliphatic carbocycles. The number of nitrogens with zero attached hydrogens (tertiary/aromatic N) is 6. The van der Waals surface area contributed by atoms with Gasteiger partial charge in [-0.2, -0.15) is 0 Å². The maximum Gasteiger partial charge on any atom is 0.287 e. The molecule has 3 aromatic carbocycles. The predicted octanol–water partition coefficient (Wildman–Crippen LogP) is 5.63. The number of hydrogen-bond donors (Lipinski definition) is 3. The van der Waals surface area contributed by atoms with E-state index in [0.29, 0.717) is 5.69 Å². The van der Waals surface area contributed by atoms with Crippen molar-refractivity contribution < 1.29 is 33.5 Å². The Bertz CT molecular complexity index is 1640. The van der Waals surface area contributed by atoms with Crippen LogP contribution in [0, 0.1) is 5.82 Å². The molecule has 5 rings (SSSR count). The molecule has 0 spiro atoms. The number of oxime groups is 1. The zero-order valence-corrected chi connectivity index (χ0v) is 23.6. The minimum Gasteiger partial charge on any atom is -0.469 e. The van der Waals surface area contributed by atoms with E-state index in [9.17, 15) is 9.60 Å². The van der Waals surface area contributed by atoms with Crippen LogP contribution in [-0.2, 0) is 13.2 Å². The maximum absolute atomic E-state index is 13.3. The van der Waals surface area contributed by atoms with Crippen LogP contribution in [0.15, 0.2) is 103 Å². The molecule has 5 aromatic rings. The van der Waals surface area contributed by atoms with Gasteiger partial charge in [0.05, 0.1) is 10.2 Å². The largest absolute Gasteiger partial charge is 0.469 e. The summed E-state index contributed by atoms with van der Waals surface area (Å²) in [5.41, 5.74) is 4.33. The number of hydrogen-bond acceptors (Lipinski definition) is 12. The molecule has 13 nitrogen and oxygen atoms in total. The van der Waals surface area contributed by atoms with Gasteiger partial charge in [-0.15, -0.1) is 0 Å². The summed E-state index contributed by atoms with van der Waals surface area (Å²) in [6, 6.07) is 23.1. The molecule has 2 heterocycles. The molecule has 0 atom stereocenters. The molecule has 0 aliphatic heterocycles. The van der Waals surface area contributed by atoms with Crippen LogP contribution < -0.4 is 15.0 Å². The SMILES string of the molecule is ON=C(Cl)c1nonc1OCc1ccccc1.ONC(=Nc1ccc(F)c(Br)c1)c1nonc1OCc1ccccc1. The lowest BCUT2D eigenvalue weighted by Crippen LogP contribution is -2.21. The lowest BCUT2D eigenvalue weighted by Gasteiger charge is -2.05. The van der Waals surface area contributed by atoms with Gasteiger partial charge in [0.15, 0.2) is 5.84 Å². The van der Waals surface area contributed by atoms with Crippen molar-refractivity contribution in [3.05, 3.63) is 112 Å². The van der Waals surface area contributed by atoms with Gasteiger partial charge in [-0.3, -0.25) is 10.7 Å². The summed E-state index contributed by atoms with van der Waals surface area (Å²) in [6.07, 6.45) is 0. The summed E-state index contributed by atoms with van der Waals surface area (Å²) in [7, 11) is 0. The summed E-state index contributed by atoms with van der Waals surface area (Å²) in [5.74, 6) is -0.336. The molecule has 0 unspecified atom stereocenters. The van der Waals surface area contributed by atoms with Crippen molar-refractivity contribution in [2.24, 2.45) is 10.1 Å². The summed E-state index contributed by atoms with van der Waals surface area (Å²) in [6.45, 7) is 0.528. The minimum absolute atomic E-state index is 0.0529. The van der Waals surface area contributed by atoms with Gasteiger partial charge in [0.25, 0.3) is 11.8 Å². The summed E-state index contributed by atoms with van der Waals surface area (Å²) in [5, 5.41) is 34.7. The first-order valence-electron chi connectivity index (χ1n) is 11.8. The number of benzene rings is 3. The highest BCUT2D eigenvalue weighted by atomic mass is 79.9. The van der Waals surface area contributed by atoms with Crippen molar-refractivity contribution in [2.75, 3.05) is 0 Å². The average molecular weight is 661 g/mol. The topological polar surface area (TPSA) is 174 Å². The second kappa shape index (κ2) is 15.2. The van der Waals surface area contributed by atoms with Gasteiger partial charge in [0.1, 0.15) is 19.0 Å². The number of ether oxygens (including phenoxy) is 2. The third-order valence-corrected chi connectivity index (χ3v) is 5.97. The molecule has 0 saturated heterocycles. The lowest BCUT2D eigenvalue weighted by molar-refractivity contribution is 0.233. The van der Waals surface area contributed by atoms with Crippen molar-refractivity contribution in [1.29, 1.82) is 0 Å². The smallest absolute Gasteiger partial charge is 0.287 e. The van der Waals surface area contributed by atoms with Crippen LogP contribution >= 0.6 is 27.5 Å². The van der Waals surface area contributed by atoms with E-state index in [1.807, 2.05) is 66.1 Å². The van der Waals surface area contributed by atoms with Gasteiger partial charge < -0.3 is 14.7 Å². The molecule has 42 heavy (non-hydrogen) atoms. The third kappa shape index (κ3) is 8.33. The molecular formula is C26H20BrClFN7O6. The standard InChI is InChI=1S/C16H12BrFN4O3.C10H8ClN3O3/c17-12-8-11(6-7-13(12)18)19-15(20-23)14-16(22-25-21-14)24-9-10-4-2-1-3-5-10;11-9(12-15)8-10(14-17-13-8)16-6-7-4-2-1-3-5-7/h1-8,23H,9H2,(H,19,20);1-5,15H,6H2. The first kappa shape index (κ1) is 30.1. The van der Waals surface area contributed by atoms with E-state index in [1.165, 1.54) is 18.2 Å². The Morgan fingerprint density at radius 1 is 0.857 bits per heavy atom. The number of amidine groups is 1. The molecule has 0 fully saturated rings. The second-order valence-corrected chi connectivity index (χ2v) is 9.16. The normalized spacial score (nSPS) is 11.4. The number of hydroxylamine groups is 1. The van der Waals surface area contributed by atoms with Crippen molar-refractivity contribution in [1.82, 2.24) is 26.1 Å². The summed E-state index contributed by atoms with van der Waals surface area (Å²) < 4.78 is 33.6. The minimum atomic E-state index is -0.424. The van der Waals surface area contributed by atoms with E-state index < -0.39 is 5.82 Å². The molecule has 0 aliphatic rings. The Balaban J connectivity index is 0.000000208. The Kier molecular flexibility index (Phi) is 10.9. The lowest BCUT2D eigenvalue weighted by atomic mass is 10.2. The Hall–Kier alpha value is -4.86. The van der Waals surface area contributed by atoms with Gasteiger partial charge in [-0.05, 0) is 65.9 Å². The zero-order valence-electron chi connectivity index (χ0n) is 21.3. The first-order valence-corrected chi connectivity index (χ1v) is 13.0. The Labute approximate surface area is 250 Å². The molecule has 16 heteroatoms. The van der Waals surface area contributed by atoms with Crippen LogP contribution in [0.1, 0.15) is 22.5 Å². The van der Waals surface area contributed by atoms with Crippen molar-refractivity contribution >= 4 is 44.2 Å². The third-order valence-electron chi connectivity index (χ3n) is 5.11. The van der Waals surface area contributed by atoms with Gasteiger partial charge in [0.2, 0.25) is 16.6 Å². The Morgan fingerprint density at radius 2 is 1.40 bits per heavy atom. The molecular weight excluding hydrogens is 641 g/mol. The van der Waals surface area contributed by atoms with E-state index in [0.717, 1.165) is 11.1 Å². The summed E-state index contributed by atoms with van der Waals surface area (Å²) in [4.78, 5) is 4.15. The molecule has 0 saturated carbocycles. The molecule has 3 N–H and O–H groups in total. The van der Waals surface area contributed by atoms with Crippen molar-refractivity contribution in [3.8, 4) is 11.8 Å². The molecule has 0 amide bonds. The first-order chi connectivity index (χ1) is 20.5. The second-order valence-electron chi connectivity index (χ2n) is 7.95. The van der Waals surface area contributed by atoms with Crippen LogP contribution in [0.4, 0.5) is 10.1 Å². The number of aromatic nitrogens is 4. The highest BCUT2D eigenvalue weighted by Gasteiger charge is 2.19. The summed E-state index contributed by atoms with van der Waals surface area (Å²) >= 11 is 8.65. The number of halogens is 3. The van der Waals surface area contributed by atoms with Gasteiger partial charge in [-0.1, -0.05) is 77.4 Å². The fraction of sp³-hybridized carbons (Fsp3) is 0.0769. The van der Waals surface area contributed by atoms with Crippen LogP contribution in [0.5, 0.6) is 11.8 Å². The van der Waals surface area contributed by atoms with Crippen LogP contribution in [0.3, 0.4) is 0 Å². The van der Waals surface area contributed by atoms with Gasteiger partial charge >= 0.3 is 0 Å². The highest BCUT2D eigenvalue weighted by Crippen LogP contribution is 2.24. The number of nitrogens with one attached hydrogen (secondary N) is 1. The molecule has 2 aromatic heterocycles. The monoisotopic (exact) mass is 659 g/mol. The quantitative estimate of drug-likeness (QED) is 0.0774. The van der Waals surface area contributed by atoms with Crippen LogP contribution in [-0.4, -0.2) is 42.0 Å². The van der Waals surface area contributed by atoms with E-state index in [2.05, 4.69) is 56.0 Å². The number of aliphatic imine (C=N–C) groups is 1. The fourth-order valence-corrected chi connectivity index (χ4v) is 3.62. The number of rotatable bonds is 9. The van der Waals surface area contributed by atoms with E-state index >= 15 is 0 Å². The predicted molar refractivity (Wildman–Crippen MR) is 150 cm³/mol. The van der Waals surface area contributed by atoms with Crippen molar-refractivity contribution in [3.63, 3.8) is 0 Å². The van der Waals surface area contributed by atoms with Crippen LogP contribution in [0.2, 0.25) is 0 Å². The van der Waals surface area contributed by atoms with E-state index in [-0.39, 0.29) is 51.8 Å². The van der Waals surface area contributed by atoms with Crippen molar-refractivity contribution in [2.45, 2.75) is 13.2 Å². The molecule has 0 radical (unpaired) electrons.